The molecule has 5 nitrogen and oxygen atoms in total. The second kappa shape index (κ2) is 7.38. The number of ether oxygens (including phenoxy) is 1. The van der Waals surface area contributed by atoms with E-state index in [0.29, 0.717) is 11.7 Å². The summed E-state index contributed by atoms with van der Waals surface area (Å²) < 4.78 is 5.31. The topological polar surface area (TPSA) is 63.7 Å². The van der Waals surface area contributed by atoms with Crippen LogP contribution in [0.15, 0.2) is 24.3 Å². The molecule has 2 atom stereocenters. The van der Waals surface area contributed by atoms with Crippen molar-refractivity contribution in [1.29, 1.82) is 0 Å². The Morgan fingerprint density at radius 3 is 2.16 bits per heavy atom. The molecule has 1 aliphatic carbocycles. The molecule has 134 valence electrons. The van der Waals surface area contributed by atoms with Crippen molar-refractivity contribution in [3.63, 3.8) is 0 Å². The number of amides is 2. The summed E-state index contributed by atoms with van der Waals surface area (Å²) in [6.07, 6.45) is 3.62. The van der Waals surface area contributed by atoms with E-state index in [1.807, 2.05) is 12.1 Å². The fourth-order valence-electron chi connectivity index (χ4n) is 3.76. The minimum Gasteiger partial charge on any atom is -0.426 e. The maximum atomic E-state index is 12.4. The zero-order valence-electron chi connectivity index (χ0n) is 14.9. The summed E-state index contributed by atoms with van der Waals surface area (Å²) in [5.74, 6) is -0.0651. The SMILES string of the molecule is CC(C)c1ccc(OC(=O)CCN2C(=O)[C@H]3CCCC[C@@H]3C2=O)cc1. The quantitative estimate of drug-likeness (QED) is 0.467. The van der Waals surface area contributed by atoms with Gasteiger partial charge in [0.2, 0.25) is 11.8 Å². The van der Waals surface area contributed by atoms with Gasteiger partial charge in [-0.3, -0.25) is 19.3 Å². The molecular weight excluding hydrogens is 318 g/mol. The molecule has 0 spiro atoms. The molecule has 2 fully saturated rings. The normalized spacial score (nSPS) is 23.1. The lowest BCUT2D eigenvalue weighted by atomic mass is 9.81. The molecule has 1 saturated carbocycles. The summed E-state index contributed by atoms with van der Waals surface area (Å²) in [4.78, 5) is 38.1. The second-order valence-corrected chi connectivity index (χ2v) is 7.27. The molecule has 3 rings (SSSR count). The zero-order valence-corrected chi connectivity index (χ0v) is 14.9. The van der Waals surface area contributed by atoms with Crippen LogP contribution in [0.3, 0.4) is 0 Å². The van der Waals surface area contributed by atoms with E-state index in [-0.39, 0.29) is 36.6 Å². The maximum absolute atomic E-state index is 12.4. The number of carbonyl (C=O) groups is 3. The van der Waals surface area contributed by atoms with Gasteiger partial charge < -0.3 is 4.74 Å². The van der Waals surface area contributed by atoms with Gasteiger partial charge >= 0.3 is 5.97 Å². The molecule has 1 saturated heterocycles. The highest BCUT2D eigenvalue weighted by Crippen LogP contribution is 2.38. The van der Waals surface area contributed by atoms with Gasteiger partial charge in [-0.05, 0) is 36.5 Å². The average Bonchev–Trinajstić information content (AvgIpc) is 2.85. The Balaban J connectivity index is 1.53. The van der Waals surface area contributed by atoms with Crippen LogP contribution in [-0.4, -0.2) is 29.2 Å². The third-order valence-corrected chi connectivity index (χ3v) is 5.25. The molecule has 1 heterocycles. The van der Waals surface area contributed by atoms with E-state index in [1.54, 1.807) is 12.1 Å². The van der Waals surface area contributed by atoms with Crippen LogP contribution in [0.4, 0.5) is 0 Å². The molecule has 0 radical (unpaired) electrons. The number of hydrogen-bond acceptors (Lipinski definition) is 4. The molecule has 0 unspecified atom stereocenters. The molecule has 1 aromatic rings. The smallest absolute Gasteiger partial charge is 0.312 e. The van der Waals surface area contributed by atoms with Crippen LogP contribution in [0.25, 0.3) is 0 Å². The number of imide groups is 1. The van der Waals surface area contributed by atoms with E-state index in [4.69, 9.17) is 4.74 Å². The predicted molar refractivity (Wildman–Crippen MR) is 93.0 cm³/mol. The largest absolute Gasteiger partial charge is 0.426 e. The van der Waals surface area contributed by atoms with Crippen LogP contribution in [0.1, 0.15) is 57.4 Å². The van der Waals surface area contributed by atoms with Crippen molar-refractivity contribution in [2.75, 3.05) is 6.54 Å². The lowest BCUT2D eigenvalue weighted by Gasteiger charge is -2.19. The Morgan fingerprint density at radius 1 is 1.08 bits per heavy atom. The van der Waals surface area contributed by atoms with E-state index in [1.165, 1.54) is 10.5 Å². The van der Waals surface area contributed by atoms with Crippen LogP contribution in [0.2, 0.25) is 0 Å². The zero-order chi connectivity index (χ0) is 18.0. The summed E-state index contributed by atoms with van der Waals surface area (Å²) in [5.41, 5.74) is 1.18. The lowest BCUT2D eigenvalue weighted by molar-refractivity contribution is -0.141. The van der Waals surface area contributed by atoms with Crippen molar-refractivity contribution in [1.82, 2.24) is 4.90 Å². The van der Waals surface area contributed by atoms with Gasteiger partial charge in [-0.25, -0.2) is 0 Å². The van der Waals surface area contributed by atoms with Gasteiger partial charge in [-0.15, -0.1) is 0 Å². The van der Waals surface area contributed by atoms with Crippen LogP contribution in [0.5, 0.6) is 5.75 Å². The molecule has 1 aliphatic heterocycles. The van der Waals surface area contributed by atoms with Gasteiger partial charge in [0.05, 0.1) is 18.3 Å². The van der Waals surface area contributed by atoms with Gasteiger partial charge in [-0.1, -0.05) is 38.8 Å². The molecule has 5 heteroatoms. The Hall–Kier alpha value is -2.17. The first-order chi connectivity index (χ1) is 12.0. The Kier molecular flexibility index (Phi) is 5.21. The first-order valence-electron chi connectivity index (χ1n) is 9.13. The third-order valence-electron chi connectivity index (χ3n) is 5.25. The van der Waals surface area contributed by atoms with E-state index in [0.717, 1.165) is 25.7 Å². The number of fused-ring (bicyclic) bond motifs is 1. The maximum Gasteiger partial charge on any atom is 0.312 e. The van der Waals surface area contributed by atoms with Crippen LogP contribution in [0, 0.1) is 11.8 Å². The van der Waals surface area contributed by atoms with Crippen molar-refractivity contribution < 1.29 is 19.1 Å². The van der Waals surface area contributed by atoms with Gasteiger partial charge in [0.15, 0.2) is 0 Å². The molecule has 2 aliphatic rings. The highest BCUT2D eigenvalue weighted by Gasteiger charge is 2.47. The number of rotatable bonds is 5. The minimum atomic E-state index is -0.423. The lowest BCUT2D eigenvalue weighted by Crippen LogP contribution is -2.33. The number of likely N-dealkylation sites (tertiary alicyclic amines) is 1. The van der Waals surface area contributed by atoms with E-state index < -0.39 is 5.97 Å². The number of nitrogens with zero attached hydrogens (tertiary/aromatic N) is 1. The van der Waals surface area contributed by atoms with Crippen LogP contribution < -0.4 is 4.74 Å². The molecule has 2 amide bonds. The van der Waals surface area contributed by atoms with Gasteiger partial charge in [0, 0.05) is 6.54 Å². The van der Waals surface area contributed by atoms with Crippen molar-refractivity contribution >= 4 is 17.8 Å². The second-order valence-electron chi connectivity index (χ2n) is 7.27. The van der Waals surface area contributed by atoms with Gasteiger partial charge in [0.25, 0.3) is 0 Å². The Bertz CT molecular complexity index is 641. The van der Waals surface area contributed by atoms with Crippen molar-refractivity contribution in [2.24, 2.45) is 11.8 Å². The highest BCUT2D eigenvalue weighted by atomic mass is 16.5. The summed E-state index contributed by atoms with van der Waals surface area (Å²) in [6, 6.07) is 7.42. The predicted octanol–water partition coefficient (Wildman–Crippen LogP) is 3.28. The fourth-order valence-corrected chi connectivity index (χ4v) is 3.76. The molecule has 0 N–H and O–H groups in total. The Labute approximate surface area is 148 Å². The summed E-state index contributed by atoms with van der Waals surface area (Å²) in [6.45, 7) is 4.32. The molecule has 0 aromatic heterocycles. The van der Waals surface area contributed by atoms with Crippen molar-refractivity contribution in [3.8, 4) is 5.75 Å². The number of benzene rings is 1. The standard InChI is InChI=1S/C20H25NO4/c1-13(2)14-7-9-15(10-8-14)25-18(22)11-12-21-19(23)16-5-3-4-6-17(16)20(21)24/h7-10,13,16-17H,3-6,11-12H2,1-2H3/t16-,17-/m0/s1. The van der Waals surface area contributed by atoms with Crippen molar-refractivity contribution in [3.05, 3.63) is 29.8 Å². The van der Waals surface area contributed by atoms with Crippen LogP contribution in [-0.2, 0) is 14.4 Å². The van der Waals surface area contributed by atoms with Crippen molar-refractivity contribution in [2.45, 2.75) is 51.9 Å². The molecular formula is C20H25NO4. The summed E-state index contributed by atoms with van der Waals surface area (Å²) in [5, 5.41) is 0. The first-order valence-corrected chi connectivity index (χ1v) is 9.13. The molecule has 1 aromatic carbocycles. The van der Waals surface area contributed by atoms with E-state index in [9.17, 15) is 14.4 Å². The third kappa shape index (κ3) is 3.75. The van der Waals surface area contributed by atoms with Crippen LogP contribution >= 0.6 is 0 Å². The average molecular weight is 343 g/mol. The molecule has 25 heavy (non-hydrogen) atoms. The summed E-state index contributed by atoms with van der Waals surface area (Å²) >= 11 is 0. The van der Waals surface area contributed by atoms with Gasteiger partial charge in [-0.2, -0.15) is 0 Å². The fraction of sp³-hybridized carbons (Fsp3) is 0.550. The highest BCUT2D eigenvalue weighted by molar-refractivity contribution is 6.05. The number of esters is 1. The van der Waals surface area contributed by atoms with E-state index in [2.05, 4.69) is 13.8 Å². The molecule has 0 bridgehead atoms. The van der Waals surface area contributed by atoms with E-state index >= 15 is 0 Å². The minimum absolute atomic E-state index is 0.0306. The first kappa shape index (κ1) is 17.6. The monoisotopic (exact) mass is 343 g/mol. The summed E-state index contributed by atoms with van der Waals surface area (Å²) in [7, 11) is 0. The number of carbonyl (C=O) groups excluding carboxylic acids is 3. The Morgan fingerprint density at radius 2 is 1.64 bits per heavy atom. The van der Waals surface area contributed by atoms with Gasteiger partial charge in [0.1, 0.15) is 5.75 Å². The number of hydrogen-bond donors (Lipinski definition) is 0.